The van der Waals surface area contributed by atoms with Gasteiger partial charge in [0.25, 0.3) is 5.91 Å². The lowest BCUT2D eigenvalue weighted by Crippen LogP contribution is -2.32. The average Bonchev–Trinajstić information content (AvgIpc) is 2.94. The first-order valence-electron chi connectivity index (χ1n) is 9.60. The van der Waals surface area contributed by atoms with Gasteiger partial charge in [0, 0.05) is 37.1 Å². The topological polar surface area (TPSA) is 59.0 Å². The predicted octanol–water partition coefficient (Wildman–Crippen LogP) is 3.82. The number of carbonyl (C=O) groups is 1. The normalized spacial score (nSPS) is 17.7. The van der Waals surface area contributed by atoms with Crippen LogP contribution in [0.2, 0.25) is 0 Å². The molecule has 3 aromatic rings. The number of amides is 1. The molecule has 1 fully saturated rings. The molecule has 1 aromatic carbocycles. The maximum absolute atomic E-state index is 12.7. The largest absolute Gasteiger partial charge is 0.337 e. The lowest BCUT2D eigenvalue weighted by atomic mass is 9.91. The molecule has 1 saturated heterocycles. The van der Waals surface area contributed by atoms with Crippen molar-refractivity contribution in [2.45, 2.75) is 32.6 Å². The Balaban J connectivity index is 1.44. The quantitative estimate of drug-likeness (QED) is 0.712. The van der Waals surface area contributed by atoms with Gasteiger partial charge in [-0.3, -0.25) is 14.8 Å². The van der Waals surface area contributed by atoms with Crippen LogP contribution in [0.4, 0.5) is 0 Å². The number of aryl methyl sites for hydroxylation is 1. The highest BCUT2D eigenvalue weighted by molar-refractivity contribution is 5.92. The van der Waals surface area contributed by atoms with Crippen LogP contribution in [0.25, 0.3) is 10.8 Å². The molecule has 1 aliphatic heterocycles. The monoisotopic (exact) mass is 360 g/mol. The number of rotatable bonds is 3. The second-order valence-corrected chi connectivity index (χ2v) is 7.36. The number of nitrogens with zero attached hydrogens (tertiary/aromatic N) is 4. The van der Waals surface area contributed by atoms with Crippen LogP contribution in [-0.2, 0) is 6.42 Å². The average molecular weight is 360 g/mol. The van der Waals surface area contributed by atoms with Crippen LogP contribution in [0, 0.1) is 12.8 Å². The van der Waals surface area contributed by atoms with Gasteiger partial charge in [-0.2, -0.15) is 0 Å². The van der Waals surface area contributed by atoms with Gasteiger partial charge in [-0.25, -0.2) is 4.98 Å². The molecule has 27 heavy (non-hydrogen) atoms. The fourth-order valence-corrected chi connectivity index (χ4v) is 3.89. The summed E-state index contributed by atoms with van der Waals surface area (Å²) in [4.78, 5) is 27.5. The number of likely N-dealkylation sites (tertiary alicyclic amines) is 1. The van der Waals surface area contributed by atoms with Crippen molar-refractivity contribution < 1.29 is 4.79 Å². The van der Waals surface area contributed by atoms with Gasteiger partial charge in [0.2, 0.25) is 0 Å². The van der Waals surface area contributed by atoms with Crippen molar-refractivity contribution in [3.8, 4) is 0 Å². The molecule has 2 aromatic heterocycles. The van der Waals surface area contributed by atoms with E-state index in [0.29, 0.717) is 11.6 Å². The summed E-state index contributed by atoms with van der Waals surface area (Å²) in [7, 11) is 0. The number of pyridine rings is 1. The van der Waals surface area contributed by atoms with Crippen LogP contribution in [0.1, 0.15) is 41.0 Å². The zero-order chi connectivity index (χ0) is 18.6. The number of fused-ring (bicyclic) bond motifs is 1. The summed E-state index contributed by atoms with van der Waals surface area (Å²) in [5.41, 5.74) is 2.57. The molecular weight excluding hydrogens is 336 g/mol. The molecule has 1 unspecified atom stereocenters. The zero-order valence-corrected chi connectivity index (χ0v) is 15.6. The minimum atomic E-state index is -0.00465. The Morgan fingerprint density at radius 2 is 1.96 bits per heavy atom. The number of aromatic nitrogens is 3. The fourth-order valence-electron chi connectivity index (χ4n) is 3.89. The number of hydrogen-bond acceptors (Lipinski definition) is 4. The third-order valence-electron chi connectivity index (χ3n) is 5.39. The SMILES string of the molecule is Cc1cnc(C(=O)N2CCCC(Cc3cncc4ccccc34)CC2)cn1. The van der Waals surface area contributed by atoms with E-state index in [1.807, 2.05) is 24.2 Å². The predicted molar refractivity (Wildman–Crippen MR) is 105 cm³/mol. The second-order valence-electron chi connectivity index (χ2n) is 7.36. The van der Waals surface area contributed by atoms with Crippen molar-refractivity contribution in [2.75, 3.05) is 13.1 Å². The fraction of sp³-hybridized carbons (Fsp3) is 0.364. The molecule has 138 valence electrons. The number of hydrogen-bond donors (Lipinski definition) is 0. The Morgan fingerprint density at radius 1 is 1.07 bits per heavy atom. The first-order chi connectivity index (χ1) is 13.2. The van der Waals surface area contributed by atoms with Gasteiger partial charge >= 0.3 is 0 Å². The van der Waals surface area contributed by atoms with Gasteiger partial charge < -0.3 is 4.90 Å². The van der Waals surface area contributed by atoms with Crippen LogP contribution in [0.5, 0.6) is 0 Å². The Bertz CT molecular complexity index is 933. The Morgan fingerprint density at radius 3 is 2.81 bits per heavy atom. The first-order valence-corrected chi connectivity index (χ1v) is 9.60. The molecule has 1 aliphatic rings. The molecule has 0 aliphatic carbocycles. The summed E-state index contributed by atoms with van der Waals surface area (Å²) < 4.78 is 0. The molecule has 3 heterocycles. The van der Waals surface area contributed by atoms with Crippen LogP contribution in [0.15, 0.2) is 49.1 Å². The molecule has 5 heteroatoms. The first kappa shape index (κ1) is 17.6. The summed E-state index contributed by atoms with van der Waals surface area (Å²) in [6.07, 6.45) is 11.3. The van der Waals surface area contributed by atoms with E-state index in [2.05, 4.69) is 39.2 Å². The summed E-state index contributed by atoms with van der Waals surface area (Å²) in [5.74, 6) is 0.564. The van der Waals surface area contributed by atoms with E-state index in [4.69, 9.17) is 0 Å². The van der Waals surface area contributed by atoms with E-state index in [1.54, 1.807) is 12.4 Å². The lowest BCUT2D eigenvalue weighted by Gasteiger charge is -2.20. The van der Waals surface area contributed by atoms with E-state index >= 15 is 0 Å². The van der Waals surface area contributed by atoms with Gasteiger partial charge in [-0.1, -0.05) is 24.3 Å². The smallest absolute Gasteiger partial charge is 0.274 e. The van der Waals surface area contributed by atoms with Crippen LogP contribution < -0.4 is 0 Å². The zero-order valence-electron chi connectivity index (χ0n) is 15.6. The highest BCUT2D eigenvalue weighted by atomic mass is 16.2. The molecule has 0 radical (unpaired) electrons. The second kappa shape index (κ2) is 7.82. The highest BCUT2D eigenvalue weighted by Crippen LogP contribution is 2.26. The summed E-state index contributed by atoms with van der Waals surface area (Å²) in [6.45, 7) is 3.44. The lowest BCUT2D eigenvalue weighted by molar-refractivity contribution is 0.0753. The molecule has 4 rings (SSSR count). The van der Waals surface area contributed by atoms with E-state index in [0.717, 1.165) is 44.5 Å². The van der Waals surface area contributed by atoms with Crippen LogP contribution in [-0.4, -0.2) is 38.8 Å². The van der Waals surface area contributed by atoms with Gasteiger partial charge in [-0.15, -0.1) is 0 Å². The molecule has 0 saturated carbocycles. The Kier molecular flexibility index (Phi) is 5.10. The maximum atomic E-state index is 12.7. The molecule has 0 bridgehead atoms. The summed E-state index contributed by atoms with van der Waals surface area (Å²) in [6, 6.07) is 8.43. The van der Waals surface area contributed by atoms with Crippen molar-refractivity contribution in [1.82, 2.24) is 19.9 Å². The van der Waals surface area contributed by atoms with Crippen molar-refractivity contribution in [1.29, 1.82) is 0 Å². The summed E-state index contributed by atoms with van der Waals surface area (Å²) in [5, 5.41) is 2.48. The molecule has 5 nitrogen and oxygen atoms in total. The van der Waals surface area contributed by atoms with E-state index in [1.165, 1.54) is 16.3 Å². The standard InChI is InChI=1S/C22H24N4O/c1-16-12-25-21(15-24-16)22(27)26-9-4-5-17(8-10-26)11-19-14-23-13-18-6-2-3-7-20(18)19/h2-3,6-7,12-15,17H,4-5,8-11H2,1H3. The molecule has 1 atom stereocenters. The van der Waals surface area contributed by atoms with E-state index in [9.17, 15) is 4.79 Å². The number of carbonyl (C=O) groups excluding carboxylic acids is 1. The molecule has 1 amide bonds. The highest BCUT2D eigenvalue weighted by Gasteiger charge is 2.23. The minimum Gasteiger partial charge on any atom is -0.337 e. The van der Waals surface area contributed by atoms with Gasteiger partial charge in [0.05, 0.1) is 11.9 Å². The Hall–Kier alpha value is -2.82. The van der Waals surface area contributed by atoms with Crippen molar-refractivity contribution in [2.24, 2.45) is 5.92 Å². The van der Waals surface area contributed by atoms with Gasteiger partial charge in [0.1, 0.15) is 5.69 Å². The Labute approximate surface area is 159 Å². The van der Waals surface area contributed by atoms with Crippen molar-refractivity contribution in [3.05, 3.63) is 66.0 Å². The van der Waals surface area contributed by atoms with Gasteiger partial charge in [0.15, 0.2) is 0 Å². The maximum Gasteiger partial charge on any atom is 0.274 e. The van der Waals surface area contributed by atoms with Crippen molar-refractivity contribution >= 4 is 16.7 Å². The van der Waals surface area contributed by atoms with Crippen molar-refractivity contribution in [3.63, 3.8) is 0 Å². The third kappa shape index (κ3) is 3.97. The third-order valence-corrected chi connectivity index (χ3v) is 5.39. The van der Waals surface area contributed by atoms with Gasteiger partial charge in [-0.05, 0) is 49.5 Å². The summed E-state index contributed by atoms with van der Waals surface area (Å²) >= 11 is 0. The van der Waals surface area contributed by atoms with Crippen LogP contribution >= 0.6 is 0 Å². The van der Waals surface area contributed by atoms with Crippen LogP contribution in [0.3, 0.4) is 0 Å². The van der Waals surface area contributed by atoms with E-state index in [-0.39, 0.29) is 5.91 Å². The minimum absolute atomic E-state index is 0.00465. The number of benzene rings is 1. The molecule has 0 spiro atoms. The molecule has 0 N–H and O–H groups in total. The molecular formula is C22H24N4O. The van der Waals surface area contributed by atoms with E-state index < -0.39 is 0 Å².